The fourth-order valence-electron chi connectivity index (χ4n) is 2.73. The molecule has 3 aromatic rings. The van der Waals surface area contributed by atoms with Gasteiger partial charge in [-0.2, -0.15) is 0 Å². The Morgan fingerprint density at radius 2 is 1.32 bits per heavy atom. The quantitative estimate of drug-likeness (QED) is 0.713. The molecule has 0 aliphatic rings. The van der Waals surface area contributed by atoms with E-state index in [1.54, 1.807) is 19.2 Å². The van der Waals surface area contributed by atoms with Crippen LogP contribution in [0.3, 0.4) is 0 Å². The van der Waals surface area contributed by atoms with Gasteiger partial charge in [0.25, 0.3) is 0 Å². The summed E-state index contributed by atoms with van der Waals surface area (Å²) in [7, 11) is 1.64. The lowest BCUT2D eigenvalue weighted by Gasteiger charge is -2.20. The van der Waals surface area contributed by atoms with E-state index in [2.05, 4.69) is 24.3 Å². The Bertz CT molecular complexity index is 697. The monoisotopic (exact) mass is 290 g/mol. The molecule has 0 saturated carbocycles. The van der Waals surface area contributed by atoms with Crippen LogP contribution >= 0.6 is 0 Å². The second-order valence-corrected chi connectivity index (χ2v) is 5.18. The summed E-state index contributed by atoms with van der Waals surface area (Å²) in [6.45, 7) is 0. The third kappa shape index (κ3) is 2.82. The maximum Gasteiger partial charge on any atom is 0.120 e. The molecule has 0 unspecified atom stereocenters. The predicted molar refractivity (Wildman–Crippen MR) is 88.5 cm³/mol. The molecule has 0 spiro atoms. The van der Waals surface area contributed by atoms with Crippen molar-refractivity contribution in [1.29, 1.82) is 0 Å². The van der Waals surface area contributed by atoms with Gasteiger partial charge in [0, 0.05) is 11.5 Å². The molecule has 0 saturated heterocycles. The summed E-state index contributed by atoms with van der Waals surface area (Å²) in [6, 6.07) is 25.7. The maximum absolute atomic E-state index is 10.4. The average Bonchev–Trinajstić information content (AvgIpc) is 2.59. The van der Waals surface area contributed by atoms with Gasteiger partial charge in [-0.05, 0) is 29.3 Å². The van der Waals surface area contributed by atoms with Crippen LogP contribution in [0.15, 0.2) is 78.9 Å². The lowest BCUT2D eigenvalue weighted by atomic mass is 9.84. The third-order valence-corrected chi connectivity index (χ3v) is 3.81. The first-order chi connectivity index (χ1) is 10.8. The zero-order valence-corrected chi connectivity index (χ0v) is 12.4. The van der Waals surface area contributed by atoms with Crippen LogP contribution in [0.4, 0.5) is 0 Å². The second-order valence-electron chi connectivity index (χ2n) is 5.18. The highest BCUT2D eigenvalue weighted by Crippen LogP contribution is 2.38. The van der Waals surface area contributed by atoms with E-state index in [4.69, 9.17) is 4.74 Å². The number of rotatable bonds is 4. The molecular formula is C20H18O2. The molecule has 1 N–H and O–H groups in total. The van der Waals surface area contributed by atoms with Crippen LogP contribution in [0.2, 0.25) is 0 Å². The van der Waals surface area contributed by atoms with E-state index in [0.29, 0.717) is 0 Å². The maximum atomic E-state index is 10.4. The number of ether oxygens (including phenoxy) is 1. The van der Waals surface area contributed by atoms with Crippen LogP contribution in [0.25, 0.3) is 0 Å². The summed E-state index contributed by atoms with van der Waals surface area (Å²) < 4.78 is 5.32. The van der Waals surface area contributed by atoms with Crippen molar-refractivity contribution in [2.45, 2.75) is 5.92 Å². The number of aromatic hydroxyl groups is 1. The van der Waals surface area contributed by atoms with Crippen LogP contribution in [0.5, 0.6) is 11.5 Å². The molecule has 0 atom stereocenters. The van der Waals surface area contributed by atoms with Crippen LogP contribution < -0.4 is 4.74 Å². The Kier molecular flexibility index (Phi) is 4.10. The lowest BCUT2D eigenvalue weighted by molar-refractivity contribution is 0.410. The predicted octanol–water partition coefficient (Wildman–Crippen LogP) is 4.58. The van der Waals surface area contributed by atoms with E-state index in [1.165, 1.54) is 0 Å². The molecular weight excluding hydrogens is 272 g/mol. The van der Waals surface area contributed by atoms with E-state index in [-0.39, 0.29) is 11.7 Å². The largest absolute Gasteiger partial charge is 0.508 e. The summed E-state index contributed by atoms with van der Waals surface area (Å²) in [5.41, 5.74) is 3.12. The highest BCUT2D eigenvalue weighted by Gasteiger charge is 2.20. The molecule has 0 aromatic heterocycles. The van der Waals surface area contributed by atoms with E-state index in [0.717, 1.165) is 22.4 Å². The topological polar surface area (TPSA) is 29.5 Å². The van der Waals surface area contributed by atoms with Crippen LogP contribution in [-0.4, -0.2) is 12.2 Å². The SMILES string of the molecule is COc1ccc(O)c(C(c2ccccc2)c2ccccc2)c1. The number of hydrogen-bond acceptors (Lipinski definition) is 2. The number of benzene rings is 3. The normalized spacial score (nSPS) is 10.6. The van der Waals surface area contributed by atoms with Gasteiger partial charge < -0.3 is 9.84 Å². The fraction of sp³-hybridized carbons (Fsp3) is 0.100. The van der Waals surface area contributed by atoms with Gasteiger partial charge in [0.2, 0.25) is 0 Å². The average molecular weight is 290 g/mol. The van der Waals surface area contributed by atoms with E-state index >= 15 is 0 Å². The van der Waals surface area contributed by atoms with Crippen molar-refractivity contribution < 1.29 is 9.84 Å². The van der Waals surface area contributed by atoms with Crippen LogP contribution in [0.1, 0.15) is 22.6 Å². The second kappa shape index (κ2) is 6.35. The minimum Gasteiger partial charge on any atom is -0.508 e. The Morgan fingerprint density at radius 1 is 0.773 bits per heavy atom. The first kappa shape index (κ1) is 14.2. The number of hydrogen-bond donors (Lipinski definition) is 1. The van der Waals surface area contributed by atoms with E-state index < -0.39 is 0 Å². The van der Waals surface area contributed by atoms with Crippen molar-refractivity contribution >= 4 is 0 Å². The van der Waals surface area contributed by atoms with Crippen molar-refractivity contribution in [2.75, 3.05) is 7.11 Å². The van der Waals surface area contributed by atoms with Gasteiger partial charge in [0.1, 0.15) is 11.5 Å². The summed E-state index contributed by atoms with van der Waals surface area (Å²) >= 11 is 0. The zero-order chi connectivity index (χ0) is 15.4. The number of phenolic OH excluding ortho intramolecular Hbond substituents is 1. The Labute approximate surface area is 130 Å². The Hall–Kier alpha value is -2.74. The summed E-state index contributed by atoms with van der Waals surface area (Å²) in [4.78, 5) is 0. The molecule has 0 heterocycles. The molecule has 0 fully saturated rings. The van der Waals surface area contributed by atoms with Gasteiger partial charge in [-0.1, -0.05) is 60.7 Å². The van der Waals surface area contributed by atoms with Gasteiger partial charge in [-0.3, -0.25) is 0 Å². The molecule has 0 bridgehead atoms. The van der Waals surface area contributed by atoms with E-state index in [9.17, 15) is 5.11 Å². The zero-order valence-electron chi connectivity index (χ0n) is 12.4. The minimum absolute atomic E-state index is 0.0301. The molecule has 22 heavy (non-hydrogen) atoms. The Balaban J connectivity index is 2.18. The lowest BCUT2D eigenvalue weighted by Crippen LogP contribution is -2.04. The number of phenols is 1. The van der Waals surface area contributed by atoms with Gasteiger partial charge in [0.05, 0.1) is 7.11 Å². The van der Waals surface area contributed by atoms with Crippen molar-refractivity contribution in [2.24, 2.45) is 0 Å². The summed E-state index contributed by atoms with van der Waals surface area (Å²) in [5, 5.41) is 10.4. The standard InChI is InChI=1S/C20H18O2/c1-22-17-12-13-19(21)18(14-17)20(15-8-4-2-5-9-15)16-10-6-3-7-11-16/h2-14,20-21H,1H3. The third-order valence-electron chi connectivity index (χ3n) is 3.81. The van der Waals surface area contributed by atoms with Gasteiger partial charge in [0.15, 0.2) is 0 Å². The Morgan fingerprint density at radius 3 is 1.82 bits per heavy atom. The fourth-order valence-corrected chi connectivity index (χ4v) is 2.73. The van der Waals surface area contributed by atoms with Crippen molar-refractivity contribution in [3.63, 3.8) is 0 Å². The van der Waals surface area contributed by atoms with Gasteiger partial charge in [-0.15, -0.1) is 0 Å². The molecule has 0 radical (unpaired) electrons. The molecule has 0 aliphatic carbocycles. The van der Waals surface area contributed by atoms with Gasteiger partial charge >= 0.3 is 0 Å². The first-order valence-electron chi connectivity index (χ1n) is 7.26. The smallest absolute Gasteiger partial charge is 0.120 e. The van der Waals surface area contributed by atoms with Crippen LogP contribution in [0, 0.1) is 0 Å². The van der Waals surface area contributed by atoms with Crippen molar-refractivity contribution in [3.8, 4) is 11.5 Å². The highest BCUT2D eigenvalue weighted by molar-refractivity contribution is 5.51. The molecule has 3 rings (SSSR count). The highest BCUT2D eigenvalue weighted by atomic mass is 16.5. The summed E-state index contributed by atoms with van der Waals surface area (Å²) in [6.07, 6.45) is 0. The minimum atomic E-state index is -0.0301. The molecule has 110 valence electrons. The summed E-state index contributed by atoms with van der Waals surface area (Å²) in [5.74, 6) is 0.987. The van der Waals surface area contributed by atoms with Crippen molar-refractivity contribution in [1.82, 2.24) is 0 Å². The molecule has 0 aliphatic heterocycles. The molecule has 2 heteroatoms. The molecule has 3 aromatic carbocycles. The molecule has 2 nitrogen and oxygen atoms in total. The number of methoxy groups -OCH3 is 1. The van der Waals surface area contributed by atoms with Crippen molar-refractivity contribution in [3.05, 3.63) is 95.6 Å². The molecule has 0 amide bonds. The van der Waals surface area contributed by atoms with E-state index in [1.807, 2.05) is 42.5 Å². The first-order valence-corrected chi connectivity index (χ1v) is 7.26. The van der Waals surface area contributed by atoms with Gasteiger partial charge in [-0.25, -0.2) is 0 Å². The van der Waals surface area contributed by atoms with Crippen LogP contribution in [-0.2, 0) is 0 Å².